The smallest absolute Gasteiger partial charge is 0.273 e. The van der Waals surface area contributed by atoms with Gasteiger partial charge in [-0.2, -0.15) is 0 Å². The van der Waals surface area contributed by atoms with E-state index in [1.54, 1.807) is 6.20 Å². The second-order valence-electron chi connectivity index (χ2n) is 7.28. The van der Waals surface area contributed by atoms with E-state index in [1.807, 2.05) is 30.3 Å². The van der Waals surface area contributed by atoms with Crippen molar-refractivity contribution in [2.45, 2.75) is 19.8 Å². The third-order valence-corrected chi connectivity index (χ3v) is 5.52. The Kier molecular flexibility index (Phi) is 5.25. The lowest BCUT2D eigenvalue weighted by atomic mass is 9.97. The van der Waals surface area contributed by atoms with Gasteiger partial charge < -0.3 is 10.2 Å². The highest BCUT2D eigenvalue weighted by atomic mass is 16.2. The molecule has 28 heavy (non-hydrogen) atoms. The number of aromatic amines is 1. The number of nitrogens with zero attached hydrogens (tertiary/aromatic N) is 3. The molecule has 0 saturated carbocycles. The minimum Gasteiger partial charge on any atom is -0.352 e. The lowest BCUT2D eigenvalue weighted by Gasteiger charge is -2.30. The largest absolute Gasteiger partial charge is 0.352 e. The van der Waals surface area contributed by atoms with Crippen LogP contribution in [-0.2, 0) is 0 Å². The lowest BCUT2D eigenvalue weighted by Crippen LogP contribution is -2.38. The van der Waals surface area contributed by atoms with Gasteiger partial charge in [0, 0.05) is 24.4 Å². The Morgan fingerprint density at radius 2 is 2.00 bits per heavy atom. The molecule has 0 atom stereocenters. The molecule has 146 valence electrons. The zero-order chi connectivity index (χ0) is 19.5. The molecule has 7 nitrogen and oxygen atoms in total. The van der Waals surface area contributed by atoms with Crippen LogP contribution in [0.1, 0.15) is 30.1 Å². The van der Waals surface area contributed by atoms with E-state index in [9.17, 15) is 9.59 Å². The summed E-state index contributed by atoms with van der Waals surface area (Å²) >= 11 is 0. The van der Waals surface area contributed by atoms with Gasteiger partial charge in [-0.3, -0.25) is 14.7 Å². The molecule has 2 aromatic heterocycles. The molecular weight excluding hydrogens is 354 g/mol. The Morgan fingerprint density at radius 1 is 1.25 bits per heavy atom. The quantitative estimate of drug-likeness (QED) is 0.712. The Hall–Kier alpha value is -2.93. The molecule has 2 N–H and O–H groups in total. The highest BCUT2D eigenvalue weighted by Gasteiger charge is 2.20. The summed E-state index contributed by atoms with van der Waals surface area (Å²) in [5, 5.41) is 5.87. The summed E-state index contributed by atoms with van der Waals surface area (Å²) in [5.41, 5.74) is 1.91. The molecule has 3 heterocycles. The highest BCUT2D eigenvalue weighted by molar-refractivity contribution is 5.99. The standard InChI is InChI=1S/C21H25N5O2/c1-2-25-10-8-15(9-11-25)13-22-21(28)17-14-23-26-19(27)12-18(24-20(17)26)16-6-4-3-5-7-16/h3-7,12,14-15,23H,2,8-11,13H2,1H3,(H,22,28). The maximum Gasteiger partial charge on any atom is 0.273 e. The average Bonchev–Trinajstić information content (AvgIpc) is 3.18. The van der Waals surface area contributed by atoms with Crippen molar-refractivity contribution in [3.8, 4) is 11.3 Å². The van der Waals surface area contributed by atoms with Crippen LogP contribution in [0.5, 0.6) is 0 Å². The van der Waals surface area contributed by atoms with Gasteiger partial charge in [0.05, 0.1) is 5.69 Å². The number of carbonyl (C=O) groups excluding carboxylic acids is 1. The molecule has 0 aliphatic carbocycles. The van der Waals surface area contributed by atoms with Gasteiger partial charge in [-0.1, -0.05) is 37.3 Å². The summed E-state index contributed by atoms with van der Waals surface area (Å²) in [6.45, 7) is 6.08. The predicted octanol–water partition coefficient (Wildman–Crippen LogP) is 2.15. The summed E-state index contributed by atoms with van der Waals surface area (Å²) in [5.74, 6) is 0.293. The summed E-state index contributed by atoms with van der Waals surface area (Å²) in [6.07, 6.45) is 3.74. The van der Waals surface area contributed by atoms with Gasteiger partial charge >= 0.3 is 0 Å². The van der Waals surface area contributed by atoms with Gasteiger partial charge in [0.15, 0.2) is 5.65 Å². The van der Waals surface area contributed by atoms with Gasteiger partial charge in [-0.15, -0.1) is 0 Å². The fourth-order valence-corrected chi connectivity index (χ4v) is 3.74. The highest BCUT2D eigenvalue weighted by Crippen LogP contribution is 2.18. The van der Waals surface area contributed by atoms with Gasteiger partial charge in [-0.25, -0.2) is 9.50 Å². The first-order chi connectivity index (χ1) is 13.7. The van der Waals surface area contributed by atoms with Crippen molar-refractivity contribution >= 4 is 11.6 Å². The van der Waals surface area contributed by atoms with Gasteiger partial charge in [-0.05, 0) is 38.4 Å². The molecule has 0 unspecified atom stereocenters. The van der Waals surface area contributed by atoms with Crippen LogP contribution in [0, 0.1) is 5.92 Å². The van der Waals surface area contributed by atoms with Crippen molar-refractivity contribution in [3.63, 3.8) is 0 Å². The molecule has 1 saturated heterocycles. The molecule has 1 aromatic carbocycles. The van der Waals surface area contributed by atoms with Crippen LogP contribution in [-0.4, -0.2) is 51.6 Å². The van der Waals surface area contributed by atoms with Crippen molar-refractivity contribution in [2.24, 2.45) is 5.92 Å². The molecule has 1 aliphatic rings. The Morgan fingerprint density at radius 3 is 2.71 bits per heavy atom. The predicted molar refractivity (Wildman–Crippen MR) is 108 cm³/mol. The van der Waals surface area contributed by atoms with E-state index < -0.39 is 0 Å². The number of rotatable bonds is 5. The van der Waals surface area contributed by atoms with Crippen LogP contribution in [0.25, 0.3) is 16.9 Å². The summed E-state index contributed by atoms with van der Waals surface area (Å²) < 4.78 is 1.31. The number of nitrogens with one attached hydrogen (secondary N) is 2. The number of H-pyrrole nitrogens is 1. The molecule has 0 spiro atoms. The first kappa shape index (κ1) is 18.4. The van der Waals surface area contributed by atoms with E-state index in [2.05, 4.69) is 27.2 Å². The van der Waals surface area contributed by atoms with E-state index in [-0.39, 0.29) is 11.5 Å². The second-order valence-corrected chi connectivity index (χ2v) is 7.28. The third-order valence-electron chi connectivity index (χ3n) is 5.52. The summed E-state index contributed by atoms with van der Waals surface area (Å²) in [4.78, 5) is 32.2. The van der Waals surface area contributed by atoms with Crippen LogP contribution >= 0.6 is 0 Å². The van der Waals surface area contributed by atoms with Gasteiger partial charge in [0.2, 0.25) is 0 Å². The number of fused-ring (bicyclic) bond motifs is 1. The first-order valence-corrected chi connectivity index (χ1v) is 9.83. The molecule has 1 aliphatic heterocycles. The van der Waals surface area contributed by atoms with Crippen LogP contribution in [0.3, 0.4) is 0 Å². The topological polar surface area (TPSA) is 82.5 Å². The van der Waals surface area contributed by atoms with E-state index in [0.29, 0.717) is 29.4 Å². The van der Waals surface area contributed by atoms with Gasteiger partial charge in [0.25, 0.3) is 11.5 Å². The molecule has 0 radical (unpaired) electrons. The maximum atomic E-state index is 12.7. The minimum absolute atomic E-state index is 0.200. The van der Waals surface area contributed by atoms with E-state index >= 15 is 0 Å². The summed E-state index contributed by atoms with van der Waals surface area (Å²) in [7, 11) is 0. The number of carbonyl (C=O) groups is 1. The molecule has 1 fully saturated rings. The Bertz CT molecular complexity index is 1020. The number of hydrogen-bond acceptors (Lipinski definition) is 4. The van der Waals surface area contributed by atoms with Gasteiger partial charge in [0.1, 0.15) is 5.56 Å². The number of hydrogen-bond donors (Lipinski definition) is 2. The molecule has 4 rings (SSSR count). The van der Waals surface area contributed by atoms with E-state index in [0.717, 1.165) is 38.0 Å². The monoisotopic (exact) mass is 379 g/mol. The van der Waals surface area contributed by atoms with E-state index in [4.69, 9.17) is 0 Å². The lowest BCUT2D eigenvalue weighted by molar-refractivity contribution is 0.0938. The molecule has 7 heteroatoms. The van der Waals surface area contributed by atoms with Crippen molar-refractivity contribution in [1.29, 1.82) is 0 Å². The van der Waals surface area contributed by atoms with Crippen molar-refractivity contribution < 1.29 is 4.79 Å². The zero-order valence-electron chi connectivity index (χ0n) is 16.0. The zero-order valence-corrected chi connectivity index (χ0v) is 16.0. The minimum atomic E-state index is -0.241. The van der Waals surface area contributed by atoms with Crippen LogP contribution in [0.15, 0.2) is 47.4 Å². The molecule has 3 aromatic rings. The summed E-state index contributed by atoms with van der Waals surface area (Å²) in [6, 6.07) is 11.0. The number of likely N-dealkylation sites (tertiary alicyclic amines) is 1. The molecule has 0 bridgehead atoms. The Labute approximate surface area is 163 Å². The van der Waals surface area contributed by atoms with E-state index in [1.165, 1.54) is 10.6 Å². The SMILES string of the molecule is CCN1CCC(CNC(=O)c2c[nH]n3c(=O)cc(-c4ccccc4)nc23)CC1. The fraction of sp³-hybridized carbons (Fsp3) is 0.381. The van der Waals surface area contributed by atoms with Crippen LogP contribution in [0.2, 0.25) is 0 Å². The number of benzene rings is 1. The first-order valence-electron chi connectivity index (χ1n) is 9.83. The number of aromatic nitrogens is 3. The van der Waals surface area contributed by atoms with Crippen molar-refractivity contribution in [2.75, 3.05) is 26.2 Å². The Balaban J connectivity index is 1.53. The fourth-order valence-electron chi connectivity index (χ4n) is 3.74. The number of piperidine rings is 1. The van der Waals surface area contributed by atoms with Crippen molar-refractivity contribution in [3.05, 3.63) is 58.5 Å². The normalized spacial score (nSPS) is 15.8. The van der Waals surface area contributed by atoms with Crippen LogP contribution in [0.4, 0.5) is 0 Å². The van der Waals surface area contributed by atoms with Crippen LogP contribution < -0.4 is 10.9 Å². The molecular formula is C21H25N5O2. The number of amides is 1. The second kappa shape index (κ2) is 7.98. The molecule has 1 amide bonds. The maximum absolute atomic E-state index is 12.7. The third kappa shape index (κ3) is 3.71. The average molecular weight is 379 g/mol. The van der Waals surface area contributed by atoms with Crippen molar-refractivity contribution in [1.82, 2.24) is 24.8 Å².